The van der Waals surface area contributed by atoms with E-state index in [1.165, 1.54) is 14.2 Å². The van der Waals surface area contributed by atoms with Gasteiger partial charge in [0, 0.05) is 27.9 Å². The van der Waals surface area contributed by atoms with E-state index in [2.05, 4.69) is 10.6 Å². The van der Waals surface area contributed by atoms with Crippen molar-refractivity contribution >= 4 is 46.5 Å². The van der Waals surface area contributed by atoms with E-state index in [4.69, 9.17) is 14.2 Å². The van der Waals surface area contributed by atoms with Crippen LogP contribution in [-0.4, -0.2) is 39.1 Å². The van der Waals surface area contributed by atoms with Gasteiger partial charge in [-0.05, 0) is 79.7 Å². The van der Waals surface area contributed by atoms with Crippen LogP contribution in [-0.2, 0) is 9.59 Å². The molecule has 0 aromatic heterocycles. The summed E-state index contributed by atoms with van der Waals surface area (Å²) in [6, 6.07) is 26.3. The number of hydrogen-bond acceptors (Lipinski definition) is 8. The fourth-order valence-corrected chi connectivity index (χ4v) is 5.28. The first-order valence-electron chi connectivity index (χ1n) is 13.2. The number of carbonyl (C=O) groups excluding carboxylic acids is 3. The van der Waals surface area contributed by atoms with Crippen LogP contribution in [0.2, 0.25) is 0 Å². The minimum Gasteiger partial charge on any atom is -0.497 e. The van der Waals surface area contributed by atoms with Gasteiger partial charge in [-0.15, -0.1) is 0 Å². The lowest BCUT2D eigenvalue weighted by Gasteiger charge is -2.19. The second-order valence-corrected chi connectivity index (χ2v) is 10.6. The highest BCUT2D eigenvalue weighted by atomic mass is 32.2. The van der Waals surface area contributed by atoms with Crippen LogP contribution in [0.4, 0.5) is 17.1 Å². The molecule has 1 heterocycles. The van der Waals surface area contributed by atoms with Crippen LogP contribution in [0, 0.1) is 6.92 Å². The first-order chi connectivity index (χ1) is 20.8. The summed E-state index contributed by atoms with van der Waals surface area (Å²) in [6.07, 6.45) is 0. The highest BCUT2D eigenvalue weighted by molar-refractivity contribution is 8.04. The van der Waals surface area contributed by atoms with E-state index in [9.17, 15) is 14.4 Å². The zero-order chi connectivity index (χ0) is 30.5. The van der Waals surface area contributed by atoms with Crippen molar-refractivity contribution in [3.05, 3.63) is 113 Å². The SMILES string of the molecule is COc1ccc(C(=O)Nc2ccc(SC3=C(Nc4ccc(C)cc4)C(=O)N(c4ccc(OC)cc4OC)C3=O)cc2)cc1. The third-order valence-electron chi connectivity index (χ3n) is 6.67. The molecule has 4 aromatic carbocycles. The van der Waals surface area contributed by atoms with E-state index in [1.54, 1.807) is 73.8 Å². The zero-order valence-electron chi connectivity index (χ0n) is 24.0. The summed E-state index contributed by atoms with van der Waals surface area (Å²) in [7, 11) is 4.55. The Morgan fingerprint density at radius 3 is 1.98 bits per heavy atom. The molecule has 0 fully saturated rings. The van der Waals surface area contributed by atoms with E-state index < -0.39 is 11.8 Å². The maximum absolute atomic E-state index is 13.8. The molecular weight excluding hydrogens is 566 g/mol. The van der Waals surface area contributed by atoms with Crippen molar-refractivity contribution in [2.75, 3.05) is 36.9 Å². The van der Waals surface area contributed by atoms with Crippen LogP contribution < -0.4 is 29.7 Å². The van der Waals surface area contributed by atoms with Gasteiger partial charge in [0.05, 0.1) is 27.0 Å². The normalized spacial score (nSPS) is 12.8. The Morgan fingerprint density at radius 2 is 1.35 bits per heavy atom. The molecule has 43 heavy (non-hydrogen) atoms. The molecule has 0 saturated carbocycles. The summed E-state index contributed by atoms with van der Waals surface area (Å²) < 4.78 is 15.9. The summed E-state index contributed by atoms with van der Waals surface area (Å²) in [5.41, 5.74) is 3.24. The van der Waals surface area contributed by atoms with Crippen LogP contribution in [0.1, 0.15) is 15.9 Å². The number of thioether (sulfide) groups is 1. The monoisotopic (exact) mass is 595 g/mol. The van der Waals surface area contributed by atoms with E-state index in [-0.39, 0.29) is 16.5 Å². The van der Waals surface area contributed by atoms with Gasteiger partial charge in [0.2, 0.25) is 0 Å². The van der Waals surface area contributed by atoms with E-state index >= 15 is 0 Å². The molecule has 2 N–H and O–H groups in total. The number of methoxy groups -OCH3 is 3. The van der Waals surface area contributed by atoms with Gasteiger partial charge in [0.1, 0.15) is 27.9 Å². The minimum absolute atomic E-state index is 0.147. The molecule has 9 nitrogen and oxygen atoms in total. The minimum atomic E-state index is -0.514. The number of rotatable bonds is 10. The highest BCUT2D eigenvalue weighted by Gasteiger charge is 2.41. The number of ether oxygens (including phenoxy) is 3. The molecule has 0 atom stereocenters. The van der Waals surface area contributed by atoms with Crippen LogP contribution in [0.25, 0.3) is 0 Å². The second kappa shape index (κ2) is 12.7. The Labute approximate surface area is 253 Å². The molecule has 218 valence electrons. The largest absolute Gasteiger partial charge is 0.497 e. The summed E-state index contributed by atoms with van der Waals surface area (Å²) in [5, 5.41) is 6.02. The Bertz CT molecular complexity index is 1700. The summed E-state index contributed by atoms with van der Waals surface area (Å²) in [5.74, 6) is 0.228. The van der Waals surface area contributed by atoms with Crippen LogP contribution in [0.5, 0.6) is 17.2 Å². The number of anilines is 3. The number of amides is 3. The molecule has 0 bridgehead atoms. The Balaban J connectivity index is 1.42. The van der Waals surface area contributed by atoms with Crippen molar-refractivity contribution < 1.29 is 28.6 Å². The third kappa shape index (κ3) is 6.34. The molecule has 0 unspecified atom stereocenters. The number of nitrogens with one attached hydrogen (secondary N) is 2. The Hall–Kier alpha value is -5.22. The predicted octanol–water partition coefficient (Wildman–Crippen LogP) is 6.26. The summed E-state index contributed by atoms with van der Waals surface area (Å²) >= 11 is 1.15. The lowest BCUT2D eigenvalue weighted by molar-refractivity contribution is -0.120. The van der Waals surface area contributed by atoms with Gasteiger partial charge in [-0.1, -0.05) is 29.5 Å². The van der Waals surface area contributed by atoms with Gasteiger partial charge in [0.25, 0.3) is 17.7 Å². The third-order valence-corrected chi connectivity index (χ3v) is 7.77. The molecule has 0 saturated heterocycles. The van der Waals surface area contributed by atoms with E-state index in [1.807, 2.05) is 31.2 Å². The first kappa shape index (κ1) is 29.3. The molecule has 0 radical (unpaired) electrons. The van der Waals surface area contributed by atoms with Gasteiger partial charge < -0.3 is 24.8 Å². The number of benzene rings is 4. The lowest BCUT2D eigenvalue weighted by atomic mass is 10.2. The van der Waals surface area contributed by atoms with Crippen LogP contribution in [0.3, 0.4) is 0 Å². The number of nitrogens with zero attached hydrogens (tertiary/aromatic N) is 1. The zero-order valence-corrected chi connectivity index (χ0v) is 24.8. The lowest BCUT2D eigenvalue weighted by Crippen LogP contribution is -2.32. The fourth-order valence-electron chi connectivity index (χ4n) is 4.35. The van der Waals surface area contributed by atoms with Crippen LogP contribution in [0.15, 0.2) is 106 Å². The van der Waals surface area contributed by atoms with Gasteiger partial charge in [0.15, 0.2) is 0 Å². The highest BCUT2D eigenvalue weighted by Crippen LogP contribution is 2.41. The molecule has 4 aromatic rings. The second-order valence-electron chi connectivity index (χ2n) is 9.49. The molecule has 0 aliphatic carbocycles. The topological polar surface area (TPSA) is 106 Å². The number of aryl methyl sites for hydroxylation is 1. The van der Waals surface area contributed by atoms with Gasteiger partial charge in [-0.3, -0.25) is 14.4 Å². The average molecular weight is 596 g/mol. The molecule has 3 amide bonds. The van der Waals surface area contributed by atoms with Gasteiger partial charge in [-0.2, -0.15) is 0 Å². The number of hydrogen-bond donors (Lipinski definition) is 2. The summed E-state index contributed by atoms with van der Waals surface area (Å²) in [6.45, 7) is 1.97. The Kier molecular flexibility index (Phi) is 8.68. The van der Waals surface area contributed by atoms with E-state index in [0.29, 0.717) is 44.8 Å². The quantitative estimate of drug-likeness (QED) is 0.207. The van der Waals surface area contributed by atoms with Crippen molar-refractivity contribution in [3.8, 4) is 17.2 Å². The van der Waals surface area contributed by atoms with Crippen molar-refractivity contribution in [2.24, 2.45) is 0 Å². The summed E-state index contributed by atoms with van der Waals surface area (Å²) in [4.78, 5) is 42.3. The van der Waals surface area contributed by atoms with Crippen LogP contribution >= 0.6 is 11.8 Å². The molecule has 10 heteroatoms. The molecule has 1 aliphatic heterocycles. The smallest absolute Gasteiger partial charge is 0.283 e. The number of imide groups is 1. The number of carbonyl (C=O) groups is 3. The van der Waals surface area contributed by atoms with Crippen molar-refractivity contribution in [3.63, 3.8) is 0 Å². The molecule has 5 rings (SSSR count). The maximum Gasteiger partial charge on any atom is 0.283 e. The molecule has 0 spiro atoms. The van der Waals surface area contributed by atoms with Crippen molar-refractivity contribution in [1.82, 2.24) is 0 Å². The van der Waals surface area contributed by atoms with E-state index in [0.717, 1.165) is 22.2 Å². The van der Waals surface area contributed by atoms with Gasteiger partial charge >= 0.3 is 0 Å². The fraction of sp³-hybridized carbons (Fsp3) is 0.121. The first-order valence-corrected chi connectivity index (χ1v) is 14.0. The van der Waals surface area contributed by atoms with Gasteiger partial charge in [-0.25, -0.2) is 4.90 Å². The molecule has 1 aliphatic rings. The van der Waals surface area contributed by atoms with Crippen molar-refractivity contribution in [1.29, 1.82) is 0 Å². The average Bonchev–Trinajstić information content (AvgIpc) is 3.26. The van der Waals surface area contributed by atoms with Crippen molar-refractivity contribution in [2.45, 2.75) is 11.8 Å². The Morgan fingerprint density at radius 1 is 0.721 bits per heavy atom. The maximum atomic E-state index is 13.8. The molecular formula is C33H29N3O6S. The standard InChI is InChI=1S/C33H29N3O6S/c1-20-5-9-22(10-6-20)34-29-30(33(39)36(32(29)38)27-18-15-25(41-3)19-28(27)42-4)43-26-16-11-23(12-17-26)35-31(37)21-7-13-24(40-2)14-8-21/h5-19,34H,1-4H3,(H,35,37). The predicted molar refractivity (Wildman–Crippen MR) is 167 cm³/mol.